The van der Waals surface area contributed by atoms with Crippen LogP contribution in [0.4, 0.5) is 25.5 Å². The zero-order chi connectivity index (χ0) is 25.4. The third-order valence-corrected chi connectivity index (χ3v) is 6.18. The standard InChI is InChI=1S/C26H33FN4O4/c1-25(2,3)35-23(32)30-12-11-19-21(20(27)15-28-22(19)30)29-13-14-31(26(4,5)17-29)24(33)34-16-18-9-7-6-8-10-18/h6-10,15H,11-14,16-17H2,1-5H3. The van der Waals surface area contributed by atoms with E-state index in [1.165, 1.54) is 4.90 Å². The van der Waals surface area contributed by atoms with E-state index >= 15 is 4.39 Å². The van der Waals surface area contributed by atoms with Crippen LogP contribution in [0, 0.1) is 5.82 Å². The second-order valence-electron chi connectivity index (χ2n) is 10.6. The molecule has 1 fully saturated rings. The lowest BCUT2D eigenvalue weighted by Gasteiger charge is -2.47. The number of hydrogen-bond donors (Lipinski definition) is 0. The van der Waals surface area contributed by atoms with E-state index in [9.17, 15) is 9.59 Å². The largest absolute Gasteiger partial charge is 0.445 e. The van der Waals surface area contributed by atoms with Gasteiger partial charge in [0.15, 0.2) is 5.82 Å². The number of amides is 2. The number of carbonyl (C=O) groups is 2. The Bertz CT molecular complexity index is 1100. The van der Waals surface area contributed by atoms with Crippen LogP contribution in [0.15, 0.2) is 36.5 Å². The van der Waals surface area contributed by atoms with Crippen LogP contribution in [-0.4, -0.2) is 59.4 Å². The molecule has 0 unspecified atom stereocenters. The van der Waals surface area contributed by atoms with Crippen molar-refractivity contribution < 1.29 is 23.5 Å². The van der Waals surface area contributed by atoms with Crippen LogP contribution >= 0.6 is 0 Å². The highest BCUT2D eigenvalue weighted by atomic mass is 19.1. The van der Waals surface area contributed by atoms with Gasteiger partial charge in [0.25, 0.3) is 0 Å². The molecule has 1 saturated heterocycles. The number of carbonyl (C=O) groups excluding carboxylic acids is 2. The van der Waals surface area contributed by atoms with E-state index in [1.807, 2.05) is 49.1 Å². The summed E-state index contributed by atoms with van der Waals surface area (Å²) in [6, 6.07) is 9.53. The Morgan fingerprint density at radius 2 is 1.80 bits per heavy atom. The maximum Gasteiger partial charge on any atom is 0.416 e. The van der Waals surface area contributed by atoms with Gasteiger partial charge in [-0.1, -0.05) is 30.3 Å². The summed E-state index contributed by atoms with van der Waals surface area (Å²) in [5, 5.41) is 0. The SMILES string of the molecule is CC(C)(C)OC(=O)N1CCc2c1ncc(F)c2N1CCN(C(=O)OCc2ccccc2)C(C)(C)C1. The summed E-state index contributed by atoms with van der Waals surface area (Å²) in [5.74, 6) is -0.0103. The molecule has 0 bridgehead atoms. The Morgan fingerprint density at radius 1 is 1.09 bits per heavy atom. The van der Waals surface area contributed by atoms with Gasteiger partial charge in [-0.05, 0) is 46.6 Å². The molecule has 0 radical (unpaired) electrons. The van der Waals surface area contributed by atoms with Crippen molar-refractivity contribution in [3.8, 4) is 0 Å². The van der Waals surface area contributed by atoms with Crippen LogP contribution in [-0.2, 0) is 22.5 Å². The van der Waals surface area contributed by atoms with Crippen molar-refractivity contribution >= 4 is 23.7 Å². The number of fused-ring (bicyclic) bond motifs is 1. The summed E-state index contributed by atoms with van der Waals surface area (Å²) in [7, 11) is 0. The molecule has 1 aromatic heterocycles. The molecule has 0 aliphatic carbocycles. The average Bonchev–Trinajstić information content (AvgIpc) is 3.20. The number of ether oxygens (including phenoxy) is 2. The van der Waals surface area contributed by atoms with Crippen molar-refractivity contribution in [3.05, 3.63) is 53.5 Å². The molecule has 188 valence electrons. The number of pyridine rings is 1. The van der Waals surface area contributed by atoms with Crippen LogP contribution in [0.5, 0.6) is 0 Å². The van der Waals surface area contributed by atoms with Crippen molar-refractivity contribution in [2.45, 2.75) is 58.8 Å². The number of anilines is 2. The molecule has 3 heterocycles. The minimum absolute atomic E-state index is 0.197. The highest BCUT2D eigenvalue weighted by molar-refractivity contribution is 5.90. The van der Waals surface area contributed by atoms with Crippen molar-refractivity contribution in [2.24, 2.45) is 0 Å². The van der Waals surface area contributed by atoms with E-state index in [0.29, 0.717) is 49.7 Å². The van der Waals surface area contributed by atoms with Gasteiger partial charge in [0, 0.05) is 31.7 Å². The molecular formula is C26H33FN4O4. The van der Waals surface area contributed by atoms with Crippen LogP contribution in [0.2, 0.25) is 0 Å². The maximum absolute atomic E-state index is 15.1. The molecule has 0 atom stereocenters. The summed E-state index contributed by atoms with van der Waals surface area (Å²) in [6.45, 7) is 11.1. The first-order valence-electron chi connectivity index (χ1n) is 11.9. The third-order valence-electron chi connectivity index (χ3n) is 6.18. The molecule has 0 spiro atoms. The number of hydrogen-bond acceptors (Lipinski definition) is 6. The van der Waals surface area contributed by atoms with E-state index in [4.69, 9.17) is 9.47 Å². The van der Waals surface area contributed by atoms with Crippen LogP contribution in [0.25, 0.3) is 0 Å². The molecule has 8 nitrogen and oxygen atoms in total. The lowest BCUT2D eigenvalue weighted by atomic mass is 9.98. The fourth-order valence-corrected chi connectivity index (χ4v) is 4.62. The van der Waals surface area contributed by atoms with E-state index < -0.39 is 29.1 Å². The molecule has 2 amide bonds. The molecule has 35 heavy (non-hydrogen) atoms. The van der Waals surface area contributed by atoms with Crippen molar-refractivity contribution in [1.29, 1.82) is 0 Å². The summed E-state index contributed by atoms with van der Waals surface area (Å²) in [4.78, 5) is 34.9. The predicted octanol–water partition coefficient (Wildman–Crippen LogP) is 4.76. The quantitative estimate of drug-likeness (QED) is 0.626. The number of rotatable bonds is 3. The third kappa shape index (κ3) is 5.33. The van der Waals surface area contributed by atoms with E-state index in [2.05, 4.69) is 4.98 Å². The van der Waals surface area contributed by atoms with Gasteiger partial charge in [0.1, 0.15) is 18.0 Å². The minimum atomic E-state index is -0.641. The molecule has 9 heteroatoms. The number of piperazine rings is 1. The Hall–Kier alpha value is -3.36. The lowest BCUT2D eigenvalue weighted by molar-refractivity contribution is 0.0513. The second kappa shape index (κ2) is 9.36. The lowest BCUT2D eigenvalue weighted by Crippen LogP contribution is -2.61. The highest BCUT2D eigenvalue weighted by Crippen LogP contribution is 2.38. The number of aromatic nitrogens is 1. The van der Waals surface area contributed by atoms with Crippen molar-refractivity contribution in [3.63, 3.8) is 0 Å². The number of nitrogens with zero attached hydrogens (tertiary/aromatic N) is 4. The molecule has 0 N–H and O–H groups in total. The first-order chi connectivity index (χ1) is 16.5. The second-order valence-corrected chi connectivity index (χ2v) is 10.6. The Kier molecular flexibility index (Phi) is 6.62. The van der Waals surface area contributed by atoms with Gasteiger partial charge < -0.3 is 14.4 Å². The Morgan fingerprint density at radius 3 is 2.46 bits per heavy atom. The van der Waals surface area contributed by atoms with Gasteiger partial charge >= 0.3 is 12.2 Å². The Balaban J connectivity index is 1.49. The smallest absolute Gasteiger partial charge is 0.416 e. The van der Waals surface area contributed by atoms with Crippen molar-refractivity contribution in [2.75, 3.05) is 36.0 Å². The molecule has 2 aromatic rings. The topological polar surface area (TPSA) is 75.2 Å². The number of benzene rings is 1. The zero-order valence-corrected chi connectivity index (χ0v) is 21.0. The monoisotopic (exact) mass is 484 g/mol. The first-order valence-corrected chi connectivity index (χ1v) is 11.9. The first kappa shape index (κ1) is 24.8. The summed E-state index contributed by atoms with van der Waals surface area (Å²) in [6.07, 6.45) is 0.751. The minimum Gasteiger partial charge on any atom is -0.445 e. The molecule has 2 aliphatic heterocycles. The summed E-state index contributed by atoms with van der Waals surface area (Å²) in [5.41, 5.74) is 0.801. The number of halogens is 1. The normalized spacial score (nSPS) is 17.3. The van der Waals surface area contributed by atoms with E-state index in [0.717, 1.165) is 11.8 Å². The van der Waals surface area contributed by atoms with Gasteiger partial charge in [0.2, 0.25) is 0 Å². The van der Waals surface area contributed by atoms with Gasteiger partial charge in [-0.25, -0.2) is 19.0 Å². The van der Waals surface area contributed by atoms with Crippen LogP contribution in [0.1, 0.15) is 45.7 Å². The van der Waals surface area contributed by atoms with Crippen LogP contribution in [0.3, 0.4) is 0 Å². The molecule has 4 rings (SSSR count). The molecular weight excluding hydrogens is 451 g/mol. The summed E-state index contributed by atoms with van der Waals surface area (Å²) >= 11 is 0. The Labute approximate surface area is 205 Å². The van der Waals surface area contributed by atoms with Gasteiger partial charge in [0.05, 0.1) is 17.4 Å². The highest BCUT2D eigenvalue weighted by Gasteiger charge is 2.41. The van der Waals surface area contributed by atoms with Crippen molar-refractivity contribution in [1.82, 2.24) is 9.88 Å². The zero-order valence-electron chi connectivity index (χ0n) is 21.0. The molecule has 0 saturated carbocycles. The van der Waals surface area contributed by atoms with Gasteiger partial charge in [-0.15, -0.1) is 0 Å². The van der Waals surface area contributed by atoms with Gasteiger partial charge in [-0.3, -0.25) is 9.80 Å². The fourth-order valence-electron chi connectivity index (χ4n) is 4.62. The average molecular weight is 485 g/mol. The maximum atomic E-state index is 15.1. The summed E-state index contributed by atoms with van der Waals surface area (Å²) < 4.78 is 26.2. The fraction of sp³-hybridized carbons (Fsp3) is 0.500. The van der Waals surface area contributed by atoms with E-state index in [-0.39, 0.29) is 6.61 Å². The van der Waals surface area contributed by atoms with E-state index in [1.54, 1.807) is 25.7 Å². The molecule has 1 aromatic carbocycles. The van der Waals surface area contributed by atoms with Crippen LogP contribution < -0.4 is 9.80 Å². The molecule has 2 aliphatic rings. The van der Waals surface area contributed by atoms with Gasteiger partial charge in [-0.2, -0.15) is 0 Å². The predicted molar refractivity (Wildman–Crippen MR) is 131 cm³/mol.